The van der Waals surface area contributed by atoms with E-state index in [1.807, 2.05) is 19.1 Å². The number of aromatic nitrogens is 4. The second-order valence-electron chi connectivity index (χ2n) is 4.94. The number of aromatic amines is 1. The van der Waals surface area contributed by atoms with Crippen LogP contribution >= 0.6 is 0 Å². The maximum absolute atomic E-state index is 12.0. The average Bonchev–Trinajstić information content (AvgIpc) is 3.19. The predicted molar refractivity (Wildman–Crippen MR) is 81.8 cm³/mol. The number of hydrogen-bond donors (Lipinski definition) is 2. The lowest BCUT2D eigenvalue weighted by Crippen LogP contribution is -2.00. The van der Waals surface area contributed by atoms with E-state index < -0.39 is 5.78 Å². The molecule has 0 unspecified atom stereocenters. The van der Waals surface area contributed by atoms with Gasteiger partial charge in [-0.1, -0.05) is 0 Å². The average molecular weight is 310 g/mol. The number of nitrogens with zero attached hydrogens (tertiary/aromatic N) is 3. The Hall–Kier alpha value is -3.22. The minimum absolute atomic E-state index is 0.0625. The molecule has 0 amide bonds. The number of pyridine rings is 1. The highest BCUT2D eigenvalue weighted by atomic mass is 16.3. The Labute approximate surface area is 131 Å². The van der Waals surface area contributed by atoms with Gasteiger partial charge in [-0.3, -0.25) is 14.9 Å². The zero-order chi connectivity index (χ0) is 16.2. The summed E-state index contributed by atoms with van der Waals surface area (Å²) in [5, 5.41) is 16.3. The van der Waals surface area contributed by atoms with E-state index in [2.05, 4.69) is 20.2 Å². The fourth-order valence-corrected chi connectivity index (χ4v) is 2.21. The van der Waals surface area contributed by atoms with Crippen LogP contribution in [0.2, 0.25) is 0 Å². The Kier molecular flexibility index (Phi) is 4.01. The molecule has 3 aromatic rings. The van der Waals surface area contributed by atoms with Gasteiger partial charge in [-0.05, 0) is 24.6 Å². The highest BCUT2D eigenvalue weighted by Crippen LogP contribution is 2.25. The molecule has 0 aromatic carbocycles. The summed E-state index contributed by atoms with van der Waals surface area (Å²) in [4.78, 5) is 19.7. The van der Waals surface area contributed by atoms with E-state index in [4.69, 9.17) is 4.42 Å². The second-order valence-corrected chi connectivity index (χ2v) is 4.94. The van der Waals surface area contributed by atoms with Crippen molar-refractivity contribution in [3.63, 3.8) is 0 Å². The zero-order valence-electron chi connectivity index (χ0n) is 12.4. The lowest BCUT2D eigenvalue weighted by molar-refractivity contribution is 0.103. The topological polar surface area (TPSA) is 105 Å². The molecule has 0 spiro atoms. The van der Waals surface area contributed by atoms with E-state index in [1.54, 1.807) is 12.4 Å². The summed E-state index contributed by atoms with van der Waals surface area (Å²) in [5.74, 6) is 0.109. The van der Waals surface area contributed by atoms with Crippen LogP contribution in [0.5, 0.6) is 0 Å². The number of hydrogen-bond acceptors (Lipinski definition) is 6. The molecular weight excluding hydrogens is 296 g/mol. The lowest BCUT2D eigenvalue weighted by atomic mass is 10.0. The third-order valence-electron chi connectivity index (χ3n) is 3.43. The van der Waals surface area contributed by atoms with Gasteiger partial charge in [0.15, 0.2) is 5.82 Å². The number of furan rings is 1. The first kappa shape index (κ1) is 14.7. The molecular formula is C16H14N4O3. The number of ketones is 1. The van der Waals surface area contributed by atoms with Crippen molar-refractivity contribution < 1.29 is 14.3 Å². The fourth-order valence-electron chi connectivity index (χ4n) is 2.21. The van der Waals surface area contributed by atoms with Crippen molar-refractivity contribution >= 4 is 11.5 Å². The Morgan fingerprint density at radius 3 is 2.87 bits per heavy atom. The monoisotopic (exact) mass is 310 g/mol. The predicted octanol–water partition coefficient (Wildman–Crippen LogP) is 2.47. The van der Waals surface area contributed by atoms with Gasteiger partial charge >= 0.3 is 0 Å². The van der Waals surface area contributed by atoms with Gasteiger partial charge in [0.1, 0.15) is 24.1 Å². The molecule has 3 heterocycles. The van der Waals surface area contributed by atoms with Gasteiger partial charge in [0.05, 0.1) is 5.56 Å². The smallest absolute Gasteiger partial charge is 0.226 e. The molecule has 0 aliphatic carbocycles. The number of aryl methyl sites for hydroxylation is 1. The molecule has 0 aliphatic rings. The van der Waals surface area contributed by atoms with E-state index in [9.17, 15) is 9.90 Å². The molecule has 0 aliphatic heterocycles. The van der Waals surface area contributed by atoms with E-state index in [0.29, 0.717) is 17.7 Å². The van der Waals surface area contributed by atoms with Crippen LogP contribution in [0.1, 0.15) is 33.1 Å². The largest absolute Gasteiger partial charge is 0.507 e. The maximum atomic E-state index is 12.0. The standard InChI is InChI=1S/C16H14N4O3/c1-10-12(6-11-2-4-17-5-3-11)13(8-23-10)14(21)7-15(22)16-18-9-19-20-16/h2-5,7-9,21H,6H2,1H3,(H,18,19,20). The van der Waals surface area contributed by atoms with Crippen LogP contribution in [0.25, 0.3) is 5.76 Å². The van der Waals surface area contributed by atoms with Crippen molar-refractivity contribution in [3.8, 4) is 0 Å². The molecule has 3 rings (SSSR count). The number of aliphatic hydroxyl groups is 1. The normalized spacial score (nSPS) is 11.6. The van der Waals surface area contributed by atoms with Crippen LogP contribution in [0.4, 0.5) is 0 Å². The first-order chi connectivity index (χ1) is 11.1. The number of carbonyl (C=O) groups is 1. The van der Waals surface area contributed by atoms with Gasteiger partial charge in [-0.2, -0.15) is 5.10 Å². The van der Waals surface area contributed by atoms with Gasteiger partial charge in [0, 0.05) is 30.5 Å². The molecule has 3 aromatic heterocycles. The fraction of sp³-hybridized carbons (Fsp3) is 0.125. The van der Waals surface area contributed by atoms with Crippen molar-refractivity contribution in [2.75, 3.05) is 0 Å². The highest BCUT2D eigenvalue weighted by molar-refractivity contribution is 6.05. The van der Waals surface area contributed by atoms with Crippen LogP contribution < -0.4 is 0 Å². The molecule has 0 saturated carbocycles. The number of rotatable bonds is 5. The van der Waals surface area contributed by atoms with Gasteiger partial charge in [0.2, 0.25) is 5.78 Å². The van der Waals surface area contributed by atoms with E-state index >= 15 is 0 Å². The minimum Gasteiger partial charge on any atom is -0.507 e. The summed E-state index contributed by atoms with van der Waals surface area (Å²) < 4.78 is 5.40. The summed E-state index contributed by atoms with van der Waals surface area (Å²) in [7, 11) is 0. The van der Waals surface area contributed by atoms with Gasteiger partial charge in [0.25, 0.3) is 0 Å². The molecule has 0 saturated heterocycles. The summed E-state index contributed by atoms with van der Waals surface area (Å²) >= 11 is 0. The summed E-state index contributed by atoms with van der Waals surface area (Å²) in [5.41, 5.74) is 2.32. The minimum atomic E-state index is -0.464. The van der Waals surface area contributed by atoms with Gasteiger partial charge < -0.3 is 9.52 Å². The first-order valence-corrected chi connectivity index (χ1v) is 6.91. The number of aliphatic hydroxyl groups excluding tert-OH is 1. The molecule has 7 nitrogen and oxygen atoms in total. The molecule has 7 heteroatoms. The first-order valence-electron chi connectivity index (χ1n) is 6.91. The Bertz CT molecular complexity index is 836. The number of nitrogens with one attached hydrogen (secondary N) is 1. The van der Waals surface area contributed by atoms with Crippen molar-refractivity contribution in [2.24, 2.45) is 0 Å². The maximum Gasteiger partial charge on any atom is 0.226 e. The van der Waals surface area contributed by atoms with Crippen LogP contribution in [0, 0.1) is 6.92 Å². The van der Waals surface area contributed by atoms with E-state index in [-0.39, 0.29) is 11.6 Å². The molecule has 0 fully saturated rings. The summed E-state index contributed by atoms with van der Waals surface area (Å²) in [6.07, 6.45) is 7.73. The van der Waals surface area contributed by atoms with Crippen molar-refractivity contribution in [3.05, 3.63) is 71.5 Å². The number of carbonyl (C=O) groups excluding carboxylic acids is 1. The van der Waals surface area contributed by atoms with E-state index in [0.717, 1.165) is 17.2 Å². The number of H-pyrrole nitrogens is 1. The third-order valence-corrected chi connectivity index (χ3v) is 3.43. The van der Waals surface area contributed by atoms with Gasteiger partial charge in [-0.15, -0.1) is 0 Å². The highest BCUT2D eigenvalue weighted by Gasteiger charge is 2.16. The van der Waals surface area contributed by atoms with Crippen molar-refractivity contribution in [2.45, 2.75) is 13.3 Å². The van der Waals surface area contributed by atoms with E-state index in [1.165, 1.54) is 12.6 Å². The third kappa shape index (κ3) is 3.18. The quantitative estimate of drug-likeness (QED) is 0.426. The van der Waals surface area contributed by atoms with Crippen LogP contribution in [0.15, 0.2) is 47.6 Å². The zero-order valence-corrected chi connectivity index (χ0v) is 12.4. The van der Waals surface area contributed by atoms with Crippen molar-refractivity contribution in [1.29, 1.82) is 0 Å². The van der Waals surface area contributed by atoms with Crippen LogP contribution in [-0.4, -0.2) is 31.1 Å². The Morgan fingerprint density at radius 2 is 2.17 bits per heavy atom. The molecule has 116 valence electrons. The molecule has 0 radical (unpaired) electrons. The molecule has 0 bridgehead atoms. The van der Waals surface area contributed by atoms with Crippen LogP contribution in [-0.2, 0) is 6.42 Å². The molecule has 0 atom stereocenters. The summed E-state index contributed by atoms with van der Waals surface area (Å²) in [6.45, 7) is 1.81. The molecule has 23 heavy (non-hydrogen) atoms. The lowest BCUT2D eigenvalue weighted by Gasteiger charge is -2.04. The SMILES string of the molecule is Cc1occ(C(O)=CC(=O)c2ncn[nH]2)c1Cc1ccncc1. The van der Waals surface area contributed by atoms with Crippen LogP contribution in [0.3, 0.4) is 0 Å². The molecule has 2 N–H and O–H groups in total. The van der Waals surface area contributed by atoms with Gasteiger partial charge in [-0.25, -0.2) is 4.98 Å². The van der Waals surface area contributed by atoms with Crippen molar-refractivity contribution in [1.82, 2.24) is 20.2 Å². The Balaban J connectivity index is 1.90. The second kappa shape index (κ2) is 6.27. The summed E-state index contributed by atoms with van der Waals surface area (Å²) in [6, 6.07) is 3.77. The Morgan fingerprint density at radius 1 is 1.39 bits per heavy atom. The number of allylic oxidation sites excluding steroid dienone is 1.